The zero-order valence-corrected chi connectivity index (χ0v) is 12.2. The van der Waals surface area contributed by atoms with Gasteiger partial charge in [0.05, 0.1) is 0 Å². The van der Waals surface area contributed by atoms with Gasteiger partial charge in [0.2, 0.25) is 5.43 Å². The number of anilines is 1. The molecule has 0 aliphatic rings. The van der Waals surface area contributed by atoms with Crippen LogP contribution in [0.1, 0.15) is 11.1 Å². The summed E-state index contributed by atoms with van der Waals surface area (Å²) in [4.78, 5) is 36.0. The molecule has 6 heteroatoms. The maximum Gasteiger partial charge on any atom is 0.315 e. The number of carbonyl (C=O) groups excluding carboxylic acids is 2. The molecule has 0 spiro atoms. The van der Waals surface area contributed by atoms with E-state index in [1.54, 1.807) is 5.38 Å². The zero-order valence-electron chi connectivity index (χ0n) is 11.4. The topological polar surface area (TPSA) is 80.5 Å². The summed E-state index contributed by atoms with van der Waals surface area (Å²) >= 11 is 1.36. The number of primary amides is 1. The maximum atomic E-state index is 12.5. The Hall–Kier alpha value is -2.21. The number of likely N-dealkylation sites (N-methyl/N-ethyl adjacent to an activating group) is 1. The Kier molecular flexibility index (Phi) is 3.59. The predicted molar refractivity (Wildman–Crippen MR) is 80.2 cm³/mol. The fraction of sp³-hybridized carbons (Fsp3) is 0.214. The lowest BCUT2D eigenvalue weighted by atomic mass is 10.1. The van der Waals surface area contributed by atoms with Crippen molar-refractivity contribution in [3.05, 3.63) is 38.9 Å². The molecule has 0 fully saturated rings. The Balaban J connectivity index is 2.70. The van der Waals surface area contributed by atoms with Gasteiger partial charge in [-0.3, -0.25) is 14.4 Å². The van der Waals surface area contributed by atoms with Crippen LogP contribution in [0.5, 0.6) is 0 Å². The second-order valence-corrected chi connectivity index (χ2v) is 5.54. The van der Waals surface area contributed by atoms with Crippen LogP contribution in [-0.2, 0) is 9.59 Å². The quantitative estimate of drug-likeness (QED) is 0.804. The lowest BCUT2D eigenvalue weighted by Gasteiger charge is -2.15. The van der Waals surface area contributed by atoms with Crippen molar-refractivity contribution in [2.75, 3.05) is 11.9 Å². The summed E-state index contributed by atoms with van der Waals surface area (Å²) in [5, 5.41) is 2.15. The molecule has 2 rings (SSSR count). The Morgan fingerprint density at radius 1 is 1.25 bits per heavy atom. The Morgan fingerprint density at radius 3 is 2.50 bits per heavy atom. The number of carbonyl (C=O) groups is 2. The first-order valence-electron chi connectivity index (χ1n) is 5.93. The van der Waals surface area contributed by atoms with Gasteiger partial charge in [0.25, 0.3) is 0 Å². The molecule has 2 amide bonds. The smallest absolute Gasteiger partial charge is 0.315 e. The number of nitrogens with zero attached hydrogens (tertiary/aromatic N) is 1. The molecular weight excluding hydrogens is 276 g/mol. The summed E-state index contributed by atoms with van der Waals surface area (Å²) in [5.74, 6) is -1.99. The van der Waals surface area contributed by atoms with Crippen molar-refractivity contribution in [2.24, 2.45) is 5.73 Å². The maximum absolute atomic E-state index is 12.5. The summed E-state index contributed by atoms with van der Waals surface area (Å²) in [6.07, 6.45) is 0. The highest BCUT2D eigenvalue weighted by Crippen LogP contribution is 2.24. The van der Waals surface area contributed by atoms with Crippen LogP contribution in [0.15, 0.2) is 22.3 Å². The highest BCUT2D eigenvalue weighted by Gasteiger charge is 2.20. The van der Waals surface area contributed by atoms with E-state index in [4.69, 9.17) is 5.73 Å². The molecule has 0 saturated carbocycles. The SMILES string of the molecule is Cc1cc(C)c2c(=O)c(N(C)C(=O)C(N)=O)csc2c1. The molecule has 1 aromatic carbocycles. The number of aryl methyl sites for hydroxylation is 2. The molecule has 0 bridgehead atoms. The van der Waals surface area contributed by atoms with Crippen LogP contribution in [0, 0.1) is 13.8 Å². The van der Waals surface area contributed by atoms with Crippen molar-refractivity contribution in [2.45, 2.75) is 13.8 Å². The fourth-order valence-electron chi connectivity index (χ4n) is 2.12. The third-order valence-corrected chi connectivity index (χ3v) is 3.99. The fourth-order valence-corrected chi connectivity index (χ4v) is 3.25. The van der Waals surface area contributed by atoms with Crippen LogP contribution in [-0.4, -0.2) is 18.9 Å². The van der Waals surface area contributed by atoms with Crippen LogP contribution < -0.4 is 16.1 Å². The van der Waals surface area contributed by atoms with E-state index in [9.17, 15) is 14.4 Å². The van der Waals surface area contributed by atoms with Gasteiger partial charge in [-0.05, 0) is 31.0 Å². The van der Waals surface area contributed by atoms with Crippen LogP contribution in [0.2, 0.25) is 0 Å². The predicted octanol–water partition coefficient (Wildman–Crippen LogP) is 1.33. The first kappa shape index (κ1) is 14.2. The van der Waals surface area contributed by atoms with Gasteiger partial charge in [-0.25, -0.2) is 0 Å². The largest absolute Gasteiger partial charge is 0.361 e. The van der Waals surface area contributed by atoms with Crippen molar-refractivity contribution in [3.8, 4) is 0 Å². The molecule has 0 radical (unpaired) electrons. The Morgan fingerprint density at radius 2 is 1.90 bits per heavy atom. The molecule has 5 nitrogen and oxygen atoms in total. The van der Waals surface area contributed by atoms with E-state index in [0.29, 0.717) is 5.39 Å². The highest BCUT2D eigenvalue weighted by atomic mass is 32.1. The summed E-state index contributed by atoms with van der Waals surface area (Å²) < 4.78 is 0.858. The monoisotopic (exact) mass is 290 g/mol. The van der Waals surface area contributed by atoms with Crippen molar-refractivity contribution in [3.63, 3.8) is 0 Å². The highest BCUT2D eigenvalue weighted by molar-refractivity contribution is 7.17. The molecule has 0 aliphatic carbocycles. The number of fused-ring (bicyclic) bond motifs is 1. The van der Waals surface area contributed by atoms with Crippen LogP contribution in [0.25, 0.3) is 10.1 Å². The molecule has 104 valence electrons. The molecule has 1 aromatic heterocycles. The second kappa shape index (κ2) is 5.05. The number of hydrogen-bond acceptors (Lipinski definition) is 4. The van der Waals surface area contributed by atoms with Gasteiger partial charge in [-0.2, -0.15) is 0 Å². The average molecular weight is 290 g/mol. The van der Waals surface area contributed by atoms with E-state index in [0.717, 1.165) is 20.7 Å². The molecule has 0 aliphatic heterocycles. The minimum Gasteiger partial charge on any atom is -0.361 e. The summed E-state index contributed by atoms with van der Waals surface area (Å²) in [5.41, 5.74) is 6.77. The number of amides is 2. The van der Waals surface area contributed by atoms with Gasteiger partial charge >= 0.3 is 11.8 Å². The summed E-state index contributed by atoms with van der Waals surface area (Å²) in [6.45, 7) is 3.81. The third kappa shape index (κ3) is 2.30. The zero-order chi connectivity index (χ0) is 15.0. The molecule has 0 saturated heterocycles. The van der Waals surface area contributed by atoms with Gasteiger partial charge in [-0.1, -0.05) is 6.07 Å². The first-order valence-corrected chi connectivity index (χ1v) is 6.81. The second-order valence-electron chi connectivity index (χ2n) is 4.63. The number of nitrogens with two attached hydrogens (primary N) is 1. The van der Waals surface area contributed by atoms with Crippen molar-refractivity contribution < 1.29 is 9.59 Å². The van der Waals surface area contributed by atoms with Gasteiger partial charge in [-0.15, -0.1) is 11.3 Å². The molecular formula is C14H14N2O3S. The van der Waals surface area contributed by atoms with E-state index >= 15 is 0 Å². The van der Waals surface area contributed by atoms with E-state index in [1.165, 1.54) is 18.4 Å². The van der Waals surface area contributed by atoms with Gasteiger partial charge in [0.15, 0.2) is 0 Å². The van der Waals surface area contributed by atoms with Gasteiger partial charge in [0, 0.05) is 22.5 Å². The van der Waals surface area contributed by atoms with Gasteiger partial charge in [0.1, 0.15) is 5.69 Å². The van der Waals surface area contributed by atoms with E-state index in [2.05, 4.69) is 0 Å². The van der Waals surface area contributed by atoms with Crippen molar-refractivity contribution in [1.29, 1.82) is 0 Å². The lowest BCUT2D eigenvalue weighted by Crippen LogP contribution is -2.39. The Bertz CT molecular complexity index is 780. The van der Waals surface area contributed by atoms with Crippen LogP contribution in [0.3, 0.4) is 0 Å². The van der Waals surface area contributed by atoms with E-state index in [1.807, 2.05) is 26.0 Å². The first-order chi connectivity index (χ1) is 9.32. The number of hydrogen-bond donors (Lipinski definition) is 1. The van der Waals surface area contributed by atoms with Crippen LogP contribution in [0.4, 0.5) is 5.69 Å². The number of benzene rings is 1. The van der Waals surface area contributed by atoms with Crippen LogP contribution >= 0.6 is 11.3 Å². The average Bonchev–Trinajstić information content (AvgIpc) is 2.36. The standard InChI is InChI=1S/C14H14N2O3S/c1-7-4-8(2)11-10(5-7)20-6-9(12(11)17)16(3)14(19)13(15)18/h4-6H,1-3H3,(H2,15,18). The minimum atomic E-state index is -1.09. The number of rotatable bonds is 1. The van der Waals surface area contributed by atoms with Crippen molar-refractivity contribution >= 4 is 38.9 Å². The van der Waals surface area contributed by atoms with E-state index < -0.39 is 11.8 Å². The van der Waals surface area contributed by atoms with Crippen molar-refractivity contribution in [1.82, 2.24) is 0 Å². The lowest BCUT2D eigenvalue weighted by molar-refractivity contribution is -0.135. The molecule has 20 heavy (non-hydrogen) atoms. The van der Waals surface area contributed by atoms with E-state index in [-0.39, 0.29) is 11.1 Å². The summed E-state index contributed by atoms with van der Waals surface area (Å²) in [6, 6.07) is 3.84. The third-order valence-electron chi connectivity index (χ3n) is 3.08. The summed E-state index contributed by atoms with van der Waals surface area (Å²) in [7, 11) is 1.37. The molecule has 1 heterocycles. The molecule has 0 unspecified atom stereocenters. The minimum absolute atomic E-state index is 0.165. The molecule has 2 aromatic rings. The van der Waals surface area contributed by atoms with Gasteiger partial charge < -0.3 is 10.6 Å². The normalized spacial score (nSPS) is 10.6. The molecule has 2 N–H and O–H groups in total. The Labute approximate surface area is 119 Å². The molecule has 0 atom stereocenters.